The molecule has 6 atom stereocenters. The molecule has 26 heavy (non-hydrogen) atoms. The quantitative estimate of drug-likeness (QED) is 0.173. The molecule has 0 nitrogen and oxygen atoms in total. The van der Waals surface area contributed by atoms with Crippen LogP contribution >= 0.6 is 8.58 Å². The first-order valence-corrected chi connectivity index (χ1v) is 13.7. The molecule has 0 rings (SSSR count). The summed E-state index contributed by atoms with van der Waals surface area (Å²) in [5, 5.41) is 0. The maximum absolute atomic E-state index is 2.51. The molecule has 0 aliphatic heterocycles. The highest BCUT2D eigenvalue weighted by Gasteiger charge is 2.21. The molecule has 0 aromatic heterocycles. The lowest BCUT2D eigenvalue weighted by Crippen LogP contribution is -2.18. The molecule has 0 N–H and O–H groups in total. The molecule has 0 saturated heterocycles. The van der Waals surface area contributed by atoms with Crippen LogP contribution in [0, 0.1) is 29.1 Å². The van der Waals surface area contributed by atoms with E-state index >= 15 is 0 Å². The van der Waals surface area contributed by atoms with E-state index in [4.69, 9.17) is 0 Å². The summed E-state index contributed by atoms with van der Waals surface area (Å²) in [4.78, 5) is 0. The molecule has 1 heteroatoms. The zero-order valence-electron chi connectivity index (χ0n) is 19.8. The van der Waals surface area contributed by atoms with E-state index in [1.165, 1.54) is 76.8 Å². The van der Waals surface area contributed by atoms with Crippen molar-refractivity contribution in [2.75, 3.05) is 12.8 Å². The highest BCUT2D eigenvalue weighted by molar-refractivity contribution is 7.37. The first kappa shape index (κ1) is 26.4. The summed E-state index contributed by atoms with van der Waals surface area (Å²) in [7, 11) is 1.12. The van der Waals surface area contributed by atoms with Gasteiger partial charge in [0, 0.05) is 0 Å². The van der Waals surface area contributed by atoms with Crippen LogP contribution in [0.2, 0.25) is 0 Å². The number of hydrogen-bond donors (Lipinski definition) is 0. The summed E-state index contributed by atoms with van der Waals surface area (Å²) in [6, 6.07) is 0. The van der Waals surface area contributed by atoms with Crippen molar-refractivity contribution in [3.05, 3.63) is 0 Å². The predicted molar refractivity (Wildman–Crippen MR) is 126 cm³/mol. The first-order valence-electron chi connectivity index (χ1n) is 12.0. The molecule has 0 aromatic rings. The minimum Gasteiger partial charge on any atom is -0.125 e. The fraction of sp³-hybridized carbons (Fsp3) is 1.00. The minimum absolute atomic E-state index is 0.621. The molecule has 0 fully saturated rings. The lowest BCUT2D eigenvalue weighted by atomic mass is 9.77. The fourth-order valence-corrected chi connectivity index (χ4v) is 6.01. The van der Waals surface area contributed by atoms with Gasteiger partial charge in [0.05, 0.1) is 0 Å². The maximum atomic E-state index is 2.51. The summed E-state index contributed by atoms with van der Waals surface area (Å²) in [5.41, 5.74) is 0.621. The summed E-state index contributed by atoms with van der Waals surface area (Å²) < 4.78 is 0. The van der Waals surface area contributed by atoms with Gasteiger partial charge in [-0.1, -0.05) is 113 Å². The van der Waals surface area contributed by atoms with Gasteiger partial charge in [-0.25, -0.2) is 0 Å². The molecule has 0 heterocycles. The second kappa shape index (κ2) is 15.4. The Morgan fingerprint density at radius 1 is 0.846 bits per heavy atom. The van der Waals surface area contributed by atoms with Crippen molar-refractivity contribution in [3.63, 3.8) is 0 Å². The summed E-state index contributed by atoms with van der Waals surface area (Å²) in [6.45, 7) is 19.5. The van der Waals surface area contributed by atoms with Gasteiger partial charge < -0.3 is 0 Å². The van der Waals surface area contributed by atoms with E-state index in [1.807, 2.05) is 0 Å². The Bertz CT molecular complexity index is 313. The van der Waals surface area contributed by atoms with Crippen LogP contribution in [0.3, 0.4) is 0 Å². The second-order valence-corrected chi connectivity index (χ2v) is 10.8. The number of hydrogen-bond acceptors (Lipinski definition) is 0. The molecule has 0 radical (unpaired) electrons. The Morgan fingerprint density at radius 3 is 2.04 bits per heavy atom. The zero-order chi connectivity index (χ0) is 20.0. The van der Waals surface area contributed by atoms with Crippen molar-refractivity contribution >= 4 is 8.58 Å². The Kier molecular flexibility index (Phi) is 15.6. The van der Waals surface area contributed by atoms with Gasteiger partial charge in [-0.15, -0.1) is 8.58 Å². The number of unbranched alkanes of at least 4 members (excludes halogenated alkanes) is 1. The Labute approximate surface area is 169 Å². The van der Waals surface area contributed by atoms with Crippen molar-refractivity contribution in [1.82, 2.24) is 0 Å². The summed E-state index contributed by atoms with van der Waals surface area (Å²) >= 11 is 0. The SMILES string of the molecule is CCCC(CC)C(C)C(C)CCCC(C)CCCCC(C)(CC)CPC. The lowest BCUT2D eigenvalue weighted by Gasteiger charge is -2.28. The Morgan fingerprint density at radius 2 is 1.50 bits per heavy atom. The normalized spacial score (nSPS) is 19.4. The van der Waals surface area contributed by atoms with Crippen LogP contribution in [0.5, 0.6) is 0 Å². The Hall–Kier alpha value is 0.430. The van der Waals surface area contributed by atoms with E-state index in [-0.39, 0.29) is 0 Å². The molecule has 6 unspecified atom stereocenters. The van der Waals surface area contributed by atoms with E-state index in [9.17, 15) is 0 Å². The van der Waals surface area contributed by atoms with Crippen molar-refractivity contribution in [2.45, 2.75) is 119 Å². The van der Waals surface area contributed by atoms with Crippen LogP contribution in [0.25, 0.3) is 0 Å². The van der Waals surface area contributed by atoms with Crippen LogP contribution in [0.1, 0.15) is 119 Å². The first-order chi connectivity index (χ1) is 12.3. The predicted octanol–water partition coefficient (Wildman–Crippen LogP) is 9.18. The molecule has 0 aliphatic rings. The second-order valence-electron chi connectivity index (χ2n) is 9.77. The molecule has 0 bridgehead atoms. The van der Waals surface area contributed by atoms with Gasteiger partial charge in [0.2, 0.25) is 0 Å². The third-order valence-electron chi connectivity index (χ3n) is 7.37. The van der Waals surface area contributed by atoms with Crippen molar-refractivity contribution in [2.24, 2.45) is 29.1 Å². The van der Waals surface area contributed by atoms with Crippen LogP contribution in [-0.2, 0) is 0 Å². The molecule has 0 aliphatic carbocycles. The van der Waals surface area contributed by atoms with Gasteiger partial charge in [0.1, 0.15) is 0 Å². The summed E-state index contributed by atoms with van der Waals surface area (Å²) in [5.74, 6) is 3.68. The maximum Gasteiger partial charge on any atom is -0.0292 e. The largest absolute Gasteiger partial charge is 0.125 e. The van der Waals surface area contributed by atoms with Crippen LogP contribution in [0.15, 0.2) is 0 Å². The third kappa shape index (κ3) is 11.3. The Balaban J connectivity index is 3.93. The lowest BCUT2D eigenvalue weighted by molar-refractivity contribution is 0.223. The molecular weight excluding hydrogens is 331 g/mol. The molecule has 0 saturated carbocycles. The van der Waals surface area contributed by atoms with Crippen LogP contribution < -0.4 is 0 Å². The van der Waals surface area contributed by atoms with Crippen LogP contribution in [0.4, 0.5) is 0 Å². The molecule has 0 amide bonds. The topological polar surface area (TPSA) is 0 Å². The average molecular weight is 385 g/mol. The van der Waals surface area contributed by atoms with E-state index in [2.05, 4.69) is 55.1 Å². The van der Waals surface area contributed by atoms with Crippen molar-refractivity contribution < 1.29 is 0 Å². The third-order valence-corrected chi connectivity index (χ3v) is 8.57. The molecule has 158 valence electrons. The van der Waals surface area contributed by atoms with E-state index in [1.54, 1.807) is 0 Å². The molecule has 0 aromatic carbocycles. The number of rotatable bonds is 17. The van der Waals surface area contributed by atoms with E-state index in [0.717, 1.165) is 32.3 Å². The monoisotopic (exact) mass is 384 g/mol. The smallest absolute Gasteiger partial charge is 0.0292 e. The molecule has 0 spiro atoms. The van der Waals surface area contributed by atoms with Crippen LogP contribution in [-0.4, -0.2) is 12.8 Å². The fourth-order valence-electron chi connectivity index (χ4n) is 4.73. The van der Waals surface area contributed by atoms with Gasteiger partial charge in [-0.05, 0) is 48.3 Å². The standard InChI is InChI=1S/C25H53P/c1-9-15-24(10-2)23(6)22(5)18-14-17-21(4)16-12-13-19-25(7,11-3)20-26-8/h21-24,26H,9-20H2,1-8H3. The van der Waals surface area contributed by atoms with Gasteiger partial charge >= 0.3 is 0 Å². The highest BCUT2D eigenvalue weighted by Crippen LogP contribution is 2.34. The molecular formula is C25H53P. The van der Waals surface area contributed by atoms with Gasteiger partial charge in [0.25, 0.3) is 0 Å². The summed E-state index contributed by atoms with van der Waals surface area (Å²) in [6.07, 6.45) is 17.1. The van der Waals surface area contributed by atoms with E-state index < -0.39 is 0 Å². The van der Waals surface area contributed by atoms with Gasteiger partial charge in [-0.2, -0.15) is 0 Å². The highest BCUT2D eigenvalue weighted by atomic mass is 31.1. The van der Waals surface area contributed by atoms with Crippen molar-refractivity contribution in [3.8, 4) is 0 Å². The minimum atomic E-state index is 0.621. The van der Waals surface area contributed by atoms with Gasteiger partial charge in [0.15, 0.2) is 0 Å². The van der Waals surface area contributed by atoms with Crippen molar-refractivity contribution in [1.29, 1.82) is 0 Å². The zero-order valence-corrected chi connectivity index (χ0v) is 20.8. The average Bonchev–Trinajstić information content (AvgIpc) is 2.62. The van der Waals surface area contributed by atoms with E-state index in [0.29, 0.717) is 5.41 Å². The van der Waals surface area contributed by atoms with Gasteiger partial charge in [-0.3, -0.25) is 0 Å².